The van der Waals surface area contributed by atoms with Crippen molar-refractivity contribution in [3.8, 4) is 0 Å². The van der Waals surface area contributed by atoms with Crippen LogP contribution in [0.15, 0.2) is 19.6 Å². The van der Waals surface area contributed by atoms with Crippen LogP contribution in [0.4, 0.5) is 0 Å². The summed E-state index contributed by atoms with van der Waals surface area (Å²) < 4.78 is 0.294. The molecular formula is C9H12S4. The van der Waals surface area contributed by atoms with E-state index in [2.05, 4.69) is 27.7 Å². The van der Waals surface area contributed by atoms with Gasteiger partial charge in [-0.3, -0.25) is 0 Å². The molecule has 72 valence electrons. The molecule has 2 heterocycles. The van der Waals surface area contributed by atoms with Gasteiger partial charge in [0.15, 0.2) is 2.74 Å². The number of thioether (sulfide) groups is 4. The van der Waals surface area contributed by atoms with E-state index >= 15 is 0 Å². The molecular weight excluding hydrogens is 236 g/mol. The number of allylic oxidation sites excluding steroid dienone is 4. The second kappa shape index (κ2) is 3.47. The van der Waals surface area contributed by atoms with Crippen molar-refractivity contribution in [1.82, 2.24) is 0 Å². The van der Waals surface area contributed by atoms with Crippen molar-refractivity contribution in [1.29, 1.82) is 0 Å². The predicted octanol–water partition coefficient (Wildman–Crippen LogP) is 5.06. The maximum atomic E-state index is 2.23. The molecule has 0 bridgehead atoms. The molecule has 0 amide bonds. The maximum absolute atomic E-state index is 2.23. The van der Waals surface area contributed by atoms with Crippen LogP contribution in [-0.2, 0) is 0 Å². The Bertz CT molecular complexity index is 250. The van der Waals surface area contributed by atoms with E-state index in [1.807, 2.05) is 47.0 Å². The normalized spacial score (nSPS) is 26.8. The molecule has 0 N–H and O–H groups in total. The molecule has 2 rings (SSSR count). The summed E-state index contributed by atoms with van der Waals surface area (Å²) in [4.78, 5) is 5.97. The summed E-state index contributed by atoms with van der Waals surface area (Å²) in [5.41, 5.74) is 0. The van der Waals surface area contributed by atoms with Crippen molar-refractivity contribution in [2.45, 2.75) is 30.4 Å². The van der Waals surface area contributed by atoms with E-state index in [-0.39, 0.29) is 0 Å². The Balaban J connectivity index is 2.16. The van der Waals surface area contributed by atoms with Gasteiger partial charge in [-0.15, -0.1) is 0 Å². The Morgan fingerprint density at radius 3 is 1.08 bits per heavy atom. The zero-order valence-corrected chi connectivity index (χ0v) is 11.4. The van der Waals surface area contributed by atoms with Crippen LogP contribution in [0.25, 0.3) is 0 Å². The van der Waals surface area contributed by atoms with Crippen molar-refractivity contribution < 1.29 is 0 Å². The molecule has 0 saturated heterocycles. The molecule has 13 heavy (non-hydrogen) atoms. The van der Waals surface area contributed by atoms with Crippen molar-refractivity contribution in [2.24, 2.45) is 0 Å². The topological polar surface area (TPSA) is 0 Å². The van der Waals surface area contributed by atoms with Gasteiger partial charge in [-0.2, -0.15) is 0 Å². The van der Waals surface area contributed by atoms with E-state index in [1.165, 1.54) is 19.6 Å². The number of hydrogen-bond acceptors (Lipinski definition) is 4. The van der Waals surface area contributed by atoms with E-state index in [0.29, 0.717) is 2.74 Å². The molecule has 4 heteroatoms. The summed E-state index contributed by atoms with van der Waals surface area (Å²) in [6.45, 7) is 8.91. The van der Waals surface area contributed by atoms with Crippen LogP contribution >= 0.6 is 47.0 Å². The molecule has 1 spiro atoms. The number of rotatable bonds is 0. The van der Waals surface area contributed by atoms with Crippen molar-refractivity contribution in [2.75, 3.05) is 0 Å². The van der Waals surface area contributed by atoms with E-state index in [1.54, 1.807) is 0 Å². The molecule has 0 aliphatic carbocycles. The third kappa shape index (κ3) is 1.83. The first-order valence-corrected chi connectivity index (χ1v) is 7.40. The zero-order valence-electron chi connectivity index (χ0n) is 8.13. The SMILES string of the molecule is CC1=C(C)SC2(S1)SC(C)=C(C)S2. The average Bonchev–Trinajstić information content (AvgIpc) is 2.39. The second-order valence-corrected chi connectivity index (χ2v) is 10.4. The molecule has 0 unspecified atom stereocenters. The van der Waals surface area contributed by atoms with Crippen molar-refractivity contribution in [3.63, 3.8) is 0 Å². The fourth-order valence-corrected chi connectivity index (χ4v) is 9.24. The molecule has 2 aliphatic rings. The summed E-state index contributed by atoms with van der Waals surface area (Å²) in [5, 5.41) is 0. The van der Waals surface area contributed by atoms with Crippen molar-refractivity contribution >= 4 is 47.0 Å². The summed E-state index contributed by atoms with van der Waals surface area (Å²) in [5.74, 6) is 0. The van der Waals surface area contributed by atoms with Gasteiger partial charge in [0.1, 0.15) is 0 Å². The fourth-order valence-electron chi connectivity index (χ4n) is 1.16. The Hall–Kier alpha value is 0.880. The van der Waals surface area contributed by atoms with Crippen LogP contribution in [0.5, 0.6) is 0 Å². The van der Waals surface area contributed by atoms with E-state index < -0.39 is 0 Å². The first-order valence-electron chi connectivity index (χ1n) is 4.13. The lowest BCUT2D eigenvalue weighted by Gasteiger charge is -2.19. The molecule has 0 aromatic heterocycles. The molecule has 0 aromatic carbocycles. The molecule has 2 aliphatic heterocycles. The van der Waals surface area contributed by atoms with Crippen LogP contribution < -0.4 is 0 Å². The Labute approximate surface area is 96.8 Å². The van der Waals surface area contributed by atoms with Crippen LogP contribution in [-0.4, -0.2) is 2.74 Å². The minimum Gasteiger partial charge on any atom is -0.0894 e. The van der Waals surface area contributed by atoms with Gasteiger partial charge in [0.2, 0.25) is 0 Å². The van der Waals surface area contributed by atoms with Gasteiger partial charge in [0.25, 0.3) is 0 Å². The van der Waals surface area contributed by atoms with Gasteiger partial charge < -0.3 is 0 Å². The monoisotopic (exact) mass is 248 g/mol. The molecule has 0 fully saturated rings. The minimum absolute atomic E-state index is 0.294. The van der Waals surface area contributed by atoms with Gasteiger partial charge in [0, 0.05) is 0 Å². The van der Waals surface area contributed by atoms with Gasteiger partial charge in [-0.05, 0) is 47.3 Å². The standard InChI is InChI=1S/C9H12S4/c1-5-6(2)11-9(10-5)12-7(3)8(4)13-9/h1-4H3. The first-order chi connectivity index (χ1) is 6.02. The van der Waals surface area contributed by atoms with E-state index in [9.17, 15) is 0 Å². The lowest BCUT2D eigenvalue weighted by Crippen LogP contribution is -2.00. The van der Waals surface area contributed by atoms with Crippen LogP contribution in [0.2, 0.25) is 0 Å². The van der Waals surface area contributed by atoms with E-state index in [0.717, 1.165) is 0 Å². The Morgan fingerprint density at radius 1 is 0.615 bits per heavy atom. The highest BCUT2D eigenvalue weighted by atomic mass is 32.3. The Kier molecular flexibility index (Phi) is 2.78. The molecule has 0 saturated carbocycles. The van der Waals surface area contributed by atoms with Crippen LogP contribution in [0, 0.1) is 0 Å². The lowest BCUT2D eigenvalue weighted by atomic mass is 10.6. The zero-order chi connectivity index (χ0) is 9.64. The summed E-state index contributed by atoms with van der Waals surface area (Å²) in [6, 6.07) is 0. The van der Waals surface area contributed by atoms with Gasteiger partial charge in [0.05, 0.1) is 0 Å². The third-order valence-corrected chi connectivity index (χ3v) is 8.81. The summed E-state index contributed by atoms with van der Waals surface area (Å²) in [6.07, 6.45) is 0. The summed E-state index contributed by atoms with van der Waals surface area (Å²) in [7, 11) is 0. The highest BCUT2D eigenvalue weighted by Gasteiger charge is 2.44. The summed E-state index contributed by atoms with van der Waals surface area (Å²) >= 11 is 8.07. The minimum atomic E-state index is 0.294. The van der Waals surface area contributed by atoms with E-state index in [4.69, 9.17) is 0 Å². The quantitative estimate of drug-likeness (QED) is 0.587. The van der Waals surface area contributed by atoms with Crippen LogP contribution in [0.3, 0.4) is 0 Å². The number of hydrogen-bond donors (Lipinski definition) is 0. The Morgan fingerprint density at radius 2 is 0.846 bits per heavy atom. The maximum Gasteiger partial charge on any atom is 0.170 e. The molecule has 0 atom stereocenters. The average molecular weight is 248 g/mol. The molecule has 0 radical (unpaired) electrons. The molecule has 0 aromatic rings. The van der Waals surface area contributed by atoms with Gasteiger partial charge >= 0.3 is 0 Å². The van der Waals surface area contributed by atoms with Gasteiger partial charge in [-0.25, -0.2) is 0 Å². The smallest absolute Gasteiger partial charge is 0.0894 e. The first kappa shape index (κ1) is 10.4. The second-order valence-electron chi connectivity index (χ2n) is 3.13. The largest absolute Gasteiger partial charge is 0.170 e. The molecule has 0 nitrogen and oxygen atoms in total. The predicted molar refractivity (Wildman–Crippen MR) is 69.8 cm³/mol. The van der Waals surface area contributed by atoms with Crippen LogP contribution in [0.1, 0.15) is 27.7 Å². The van der Waals surface area contributed by atoms with Gasteiger partial charge in [-0.1, -0.05) is 47.0 Å². The van der Waals surface area contributed by atoms with Crippen molar-refractivity contribution in [3.05, 3.63) is 19.6 Å². The highest BCUT2D eigenvalue weighted by Crippen LogP contribution is 2.72. The third-order valence-electron chi connectivity index (χ3n) is 2.10. The highest BCUT2D eigenvalue weighted by molar-refractivity contribution is 8.53. The lowest BCUT2D eigenvalue weighted by molar-refractivity contribution is 1.57. The fraction of sp³-hybridized carbons (Fsp3) is 0.556.